The predicted octanol–water partition coefficient (Wildman–Crippen LogP) is 0.904. The van der Waals surface area contributed by atoms with E-state index in [4.69, 9.17) is 5.26 Å². The van der Waals surface area contributed by atoms with Crippen LogP contribution in [0.15, 0.2) is 24.3 Å². The van der Waals surface area contributed by atoms with Crippen molar-refractivity contribution in [2.45, 2.75) is 12.8 Å². The summed E-state index contributed by atoms with van der Waals surface area (Å²) in [4.78, 5) is 13.6. The predicted molar refractivity (Wildman–Crippen MR) is 71.4 cm³/mol. The number of nitrogens with zero attached hydrogens (tertiary/aromatic N) is 2. The third-order valence-corrected chi connectivity index (χ3v) is 4.29. The summed E-state index contributed by atoms with van der Waals surface area (Å²) < 4.78 is 23.1. The molecule has 19 heavy (non-hydrogen) atoms. The zero-order chi connectivity index (χ0) is 13.9. The number of hydrogen-bond donors (Lipinski definition) is 0. The van der Waals surface area contributed by atoms with Crippen LogP contribution >= 0.6 is 0 Å². The van der Waals surface area contributed by atoms with Crippen LogP contribution < -0.4 is 4.90 Å². The quantitative estimate of drug-likeness (QED) is 0.823. The molecule has 6 heteroatoms. The van der Waals surface area contributed by atoms with Gasteiger partial charge in [0, 0.05) is 12.2 Å². The van der Waals surface area contributed by atoms with Crippen molar-refractivity contribution in [3.8, 4) is 6.07 Å². The molecular formula is C13H14N2O3S. The van der Waals surface area contributed by atoms with Crippen LogP contribution in [0.2, 0.25) is 0 Å². The highest BCUT2D eigenvalue weighted by Crippen LogP contribution is 2.26. The first kappa shape index (κ1) is 13.6. The summed E-state index contributed by atoms with van der Waals surface area (Å²) in [5.41, 5.74) is 1.84. The van der Waals surface area contributed by atoms with E-state index in [1.807, 2.05) is 24.3 Å². The molecule has 0 fully saturated rings. The molecule has 0 radical (unpaired) electrons. The van der Waals surface area contributed by atoms with Gasteiger partial charge in [-0.15, -0.1) is 0 Å². The van der Waals surface area contributed by atoms with Gasteiger partial charge in [-0.05, 0) is 24.5 Å². The summed E-state index contributed by atoms with van der Waals surface area (Å²) in [7, 11) is -3.64. The SMILES string of the molecule is N#CCS(=O)(=O)CC(=O)N1CCCc2ccccc21. The second kappa shape index (κ2) is 5.41. The molecule has 2 rings (SSSR count). The molecule has 0 spiro atoms. The van der Waals surface area contributed by atoms with Crippen molar-refractivity contribution in [2.24, 2.45) is 0 Å². The number of rotatable bonds is 3. The number of carbonyl (C=O) groups is 1. The Morgan fingerprint density at radius 1 is 1.37 bits per heavy atom. The largest absolute Gasteiger partial charge is 0.311 e. The molecule has 0 N–H and O–H groups in total. The molecule has 0 aliphatic carbocycles. The van der Waals surface area contributed by atoms with Crippen molar-refractivity contribution >= 4 is 21.4 Å². The maximum absolute atomic E-state index is 12.1. The van der Waals surface area contributed by atoms with Crippen molar-refractivity contribution in [2.75, 3.05) is 23.0 Å². The van der Waals surface area contributed by atoms with Gasteiger partial charge in [0.15, 0.2) is 9.84 Å². The average Bonchev–Trinajstić information content (AvgIpc) is 2.37. The van der Waals surface area contributed by atoms with Crippen LogP contribution in [0, 0.1) is 11.3 Å². The normalized spacial score (nSPS) is 14.6. The van der Waals surface area contributed by atoms with Crippen LogP contribution in [0.5, 0.6) is 0 Å². The van der Waals surface area contributed by atoms with E-state index in [9.17, 15) is 13.2 Å². The van der Waals surface area contributed by atoms with E-state index in [2.05, 4.69) is 0 Å². The first-order valence-corrected chi connectivity index (χ1v) is 7.81. The summed E-state index contributed by atoms with van der Waals surface area (Å²) >= 11 is 0. The lowest BCUT2D eigenvalue weighted by Crippen LogP contribution is -2.39. The number of anilines is 1. The van der Waals surface area contributed by atoms with Gasteiger partial charge < -0.3 is 4.90 Å². The number of benzene rings is 1. The van der Waals surface area contributed by atoms with Crippen LogP contribution in [-0.2, 0) is 21.1 Å². The van der Waals surface area contributed by atoms with Gasteiger partial charge in [-0.3, -0.25) is 4.79 Å². The van der Waals surface area contributed by atoms with Gasteiger partial charge in [-0.1, -0.05) is 18.2 Å². The number of amides is 1. The molecule has 0 saturated heterocycles. The zero-order valence-corrected chi connectivity index (χ0v) is 11.2. The number of aryl methyl sites for hydroxylation is 1. The Kier molecular flexibility index (Phi) is 3.86. The van der Waals surface area contributed by atoms with Crippen LogP contribution in [0.4, 0.5) is 5.69 Å². The second-order valence-electron chi connectivity index (χ2n) is 4.47. The molecule has 100 valence electrons. The van der Waals surface area contributed by atoms with Crippen LogP contribution in [0.3, 0.4) is 0 Å². The minimum Gasteiger partial charge on any atom is -0.311 e. The van der Waals surface area contributed by atoms with Gasteiger partial charge in [-0.25, -0.2) is 8.42 Å². The topological polar surface area (TPSA) is 78.2 Å². The molecule has 0 atom stereocenters. The van der Waals surface area contributed by atoms with E-state index in [1.165, 1.54) is 4.90 Å². The van der Waals surface area contributed by atoms with Gasteiger partial charge >= 0.3 is 0 Å². The molecule has 0 unspecified atom stereocenters. The summed E-state index contributed by atoms with van der Waals surface area (Å²) in [5, 5.41) is 8.43. The monoisotopic (exact) mass is 278 g/mol. The number of para-hydroxylation sites is 1. The van der Waals surface area contributed by atoms with Gasteiger partial charge in [0.2, 0.25) is 5.91 Å². The molecule has 0 bridgehead atoms. The Labute approximate surface area is 112 Å². The minimum atomic E-state index is -3.64. The number of carbonyl (C=O) groups excluding carboxylic acids is 1. The number of fused-ring (bicyclic) bond motifs is 1. The summed E-state index contributed by atoms with van der Waals surface area (Å²) in [6.07, 6.45) is 1.71. The number of nitriles is 1. The fourth-order valence-electron chi connectivity index (χ4n) is 2.21. The number of hydrogen-bond acceptors (Lipinski definition) is 4. The maximum atomic E-state index is 12.1. The third-order valence-electron chi connectivity index (χ3n) is 3.04. The van der Waals surface area contributed by atoms with Crippen LogP contribution in [-0.4, -0.2) is 32.4 Å². The van der Waals surface area contributed by atoms with Crippen LogP contribution in [0.25, 0.3) is 0 Å². The highest BCUT2D eigenvalue weighted by molar-refractivity contribution is 7.92. The fraction of sp³-hybridized carbons (Fsp3) is 0.385. The molecule has 1 aromatic carbocycles. The molecule has 1 aliphatic rings. The van der Waals surface area contributed by atoms with Gasteiger partial charge in [0.25, 0.3) is 0 Å². The van der Waals surface area contributed by atoms with E-state index < -0.39 is 27.3 Å². The van der Waals surface area contributed by atoms with Crippen molar-refractivity contribution in [3.05, 3.63) is 29.8 Å². The summed E-state index contributed by atoms with van der Waals surface area (Å²) in [6.45, 7) is 0.526. The lowest BCUT2D eigenvalue weighted by atomic mass is 10.0. The van der Waals surface area contributed by atoms with Crippen molar-refractivity contribution in [3.63, 3.8) is 0 Å². The molecule has 1 aliphatic heterocycles. The van der Waals surface area contributed by atoms with Crippen LogP contribution in [0.1, 0.15) is 12.0 Å². The molecule has 1 aromatic rings. The zero-order valence-electron chi connectivity index (χ0n) is 10.4. The number of sulfone groups is 1. The Balaban J connectivity index is 2.21. The first-order valence-electron chi connectivity index (χ1n) is 5.99. The first-order chi connectivity index (χ1) is 9.03. The molecule has 1 heterocycles. The molecular weight excluding hydrogens is 264 g/mol. The van der Waals surface area contributed by atoms with E-state index in [1.54, 1.807) is 6.07 Å². The Hall–Kier alpha value is -1.87. The molecule has 1 amide bonds. The van der Waals surface area contributed by atoms with Crippen molar-refractivity contribution in [1.29, 1.82) is 5.26 Å². The molecule has 0 aromatic heterocycles. The Morgan fingerprint density at radius 3 is 2.84 bits per heavy atom. The van der Waals surface area contributed by atoms with Gasteiger partial charge in [-0.2, -0.15) is 5.26 Å². The molecule has 0 saturated carbocycles. The van der Waals surface area contributed by atoms with E-state index in [0.29, 0.717) is 6.54 Å². The van der Waals surface area contributed by atoms with Crippen molar-refractivity contribution in [1.82, 2.24) is 0 Å². The second-order valence-corrected chi connectivity index (χ2v) is 6.53. The van der Waals surface area contributed by atoms with Gasteiger partial charge in [0.1, 0.15) is 11.5 Å². The standard InChI is InChI=1S/C13H14N2O3S/c14-7-9-19(17,18)10-13(16)15-8-3-5-11-4-1-2-6-12(11)15/h1-2,4,6H,3,5,8-10H2. The fourth-order valence-corrected chi connectivity index (χ4v) is 3.04. The Bertz CT molecular complexity index is 632. The average molecular weight is 278 g/mol. The lowest BCUT2D eigenvalue weighted by molar-refractivity contribution is -0.116. The van der Waals surface area contributed by atoms with E-state index in [0.717, 1.165) is 24.1 Å². The van der Waals surface area contributed by atoms with E-state index in [-0.39, 0.29) is 0 Å². The summed E-state index contributed by atoms with van der Waals surface area (Å²) in [5.74, 6) is -1.68. The lowest BCUT2D eigenvalue weighted by Gasteiger charge is -2.29. The summed E-state index contributed by atoms with van der Waals surface area (Å²) in [6, 6.07) is 9.07. The smallest absolute Gasteiger partial charge is 0.242 e. The Morgan fingerprint density at radius 2 is 2.11 bits per heavy atom. The highest BCUT2D eigenvalue weighted by atomic mass is 32.2. The highest BCUT2D eigenvalue weighted by Gasteiger charge is 2.26. The third kappa shape index (κ3) is 3.12. The van der Waals surface area contributed by atoms with E-state index >= 15 is 0 Å². The molecule has 5 nitrogen and oxygen atoms in total. The maximum Gasteiger partial charge on any atom is 0.242 e. The van der Waals surface area contributed by atoms with Gasteiger partial charge in [0.05, 0.1) is 6.07 Å². The van der Waals surface area contributed by atoms with Crippen molar-refractivity contribution < 1.29 is 13.2 Å². The minimum absolute atomic E-state index is 0.456.